The average Bonchev–Trinajstić information content (AvgIpc) is 3.36. The summed E-state index contributed by atoms with van der Waals surface area (Å²) in [5.41, 5.74) is 4.50. The van der Waals surface area contributed by atoms with E-state index in [0.29, 0.717) is 32.1 Å². The Hall–Kier alpha value is -3.17. The molecule has 1 amide bonds. The summed E-state index contributed by atoms with van der Waals surface area (Å²) in [5.74, 6) is -0.166. The predicted octanol–water partition coefficient (Wildman–Crippen LogP) is 2.70. The van der Waals surface area contributed by atoms with Crippen LogP contribution in [-0.2, 0) is 23.2 Å². The van der Waals surface area contributed by atoms with Gasteiger partial charge in [-0.2, -0.15) is 0 Å². The van der Waals surface area contributed by atoms with E-state index in [-0.39, 0.29) is 23.2 Å². The molecular weight excluding hydrogens is 457 g/mol. The van der Waals surface area contributed by atoms with Gasteiger partial charge in [-0.15, -0.1) is 5.10 Å². The number of amides is 1. The molecule has 1 saturated heterocycles. The van der Waals surface area contributed by atoms with Crippen LogP contribution in [0.2, 0.25) is 0 Å². The molecule has 8 nitrogen and oxygen atoms in total. The first-order valence-corrected chi connectivity index (χ1v) is 12.6. The molecule has 2 aromatic heterocycles. The van der Waals surface area contributed by atoms with Crippen LogP contribution in [-0.4, -0.2) is 69.0 Å². The molecular formula is C27H34FN7O. The summed E-state index contributed by atoms with van der Waals surface area (Å²) < 4.78 is 15.2. The number of halogens is 1. The average molecular weight is 492 g/mol. The number of carbonyl (C=O) groups excluding carboxylic acids is 1. The normalized spacial score (nSPS) is 21.5. The van der Waals surface area contributed by atoms with Crippen molar-refractivity contribution in [1.29, 1.82) is 0 Å². The Labute approximate surface area is 211 Å². The summed E-state index contributed by atoms with van der Waals surface area (Å²) in [4.78, 5) is 22.7. The van der Waals surface area contributed by atoms with Gasteiger partial charge >= 0.3 is 0 Å². The number of benzene rings is 1. The van der Waals surface area contributed by atoms with Crippen molar-refractivity contribution in [2.75, 3.05) is 31.1 Å². The lowest BCUT2D eigenvalue weighted by molar-refractivity contribution is -0.120. The van der Waals surface area contributed by atoms with E-state index in [4.69, 9.17) is 4.98 Å². The summed E-state index contributed by atoms with van der Waals surface area (Å²) >= 11 is 0. The van der Waals surface area contributed by atoms with E-state index in [0.717, 1.165) is 41.3 Å². The molecule has 9 heteroatoms. The lowest BCUT2D eigenvalue weighted by atomic mass is 9.91. The van der Waals surface area contributed by atoms with Crippen LogP contribution in [0.25, 0.3) is 0 Å². The minimum absolute atomic E-state index is 0.0800. The fourth-order valence-electron chi connectivity index (χ4n) is 5.30. The van der Waals surface area contributed by atoms with Crippen molar-refractivity contribution >= 4 is 11.6 Å². The summed E-state index contributed by atoms with van der Waals surface area (Å²) in [7, 11) is 0. The SMILES string of the molecule is Cc1cn(C[C@H]2CN[C@H](C)CN2CC(=O)N2CC(C)(C)c3ncc(Cc4ccc(F)cc4)cc32)nn1. The molecule has 1 fully saturated rings. The Kier molecular flexibility index (Phi) is 6.61. The van der Waals surface area contributed by atoms with Gasteiger partial charge in [0.15, 0.2) is 0 Å². The van der Waals surface area contributed by atoms with Gasteiger partial charge in [-0.25, -0.2) is 4.39 Å². The van der Waals surface area contributed by atoms with Crippen LogP contribution >= 0.6 is 0 Å². The van der Waals surface area contributed by atoms with Crippen LogP contribution < -0.4 is 10.2 Å². The molecule has 0 bridgehead atoms. The monoisotopic (exact) mass is 491 g/mol. The van der Waals surface area contributed by atoms with Crippen molar-refractivity contribution in [2.45, 2.75) is 58.2 Å². The second-order valence-electron chi connectivity index (χ2n) is 10.9. The van der Waals surface area contributed by atoms with Gasteiger partial charge in [-0.3, -0.25) is 19.4 Å². The van der Waals surface area contributed by atoms with Crippen molar-refractivity contribution in [3.8, 4) is 0 Å². The minimum Gasteiger partial charge on any atom is -0.311 e. The zero-order valence-electron chi connectivity index (χ0n) is 21.4. The molecule has 1 N–H and O–H groups in total. The van der Waals surface area contributed by atoms with Crippen LogP contribution in [0.4, 0.5) is 10.1 Å². The molecule has 0 unspecified atom stereocenters. The zero-order valence-corrected chi connectivity index (χ0v) is 21.4. The van der Waals surface area contributed by atoms with Crippen LogP contribution in [0.1, 0.15) is 43.3 Å². The number of aromatic nitrogens is 4. The molecule has 2 aliphatic heterocycles. The van der Waals surface area contributed by atoms with E-state index in [1.54, 1.807) is 12.1 Å². The number of hydrogen-bond acceptors (Lipinski definition) is 6. The molecule has 2 atom stereocenters. The van der Waals surface area contributed by atoms with E-state index in [1.807, 2.05) is 28.9 Å². The molecule has 1 aromatic carbocycles. The van der Waals surface area contributed by atoms with E-state index < -0.39 is 0 Å². The second-order valence-corrected chi connectivity index (χ2v) is 10.9. The van der Waals surface area contributed by atoms with E-state index in [1.165, 1.54) is 12.1 Å². The standard InChI is InChI=1S/C27H34FN7O/c1-18-13-33(23(12-29-18)15-34-14-19(2)31-32-34)16-25(36)35-17-27(3,4)26-24(35)10-21(11-30-26)9-20-5-7-22(28)8-6-20/h5-8,10-11,14,18,23,29H,9,12-13,15-17H2,1-4H3/t18-,23-/m1/s1. The first-order valence-electron chi connectivity index (χ1n) is 12.6. The fourth-order valence-corrected chi connectivity index (χ4v) is 5.30. The smallest absolute Gasteiger partial charge is 0.241 e. The predicted molar refractivity (Wildman–Crippen MR) is 136 cm³/mol. The first kappa shape index (κ1) is 24.5. The Balaban J connectivity index is 1.35. The third-order valence-corrected chi connectivity index (χ3v) is 7.15. The molecule has 4 heterocycles. The van der Waals surface area contributed by atoms with Crippen molar-refractivity contribution in [3.63, 3.8) is 0 Å². The third-order valence-electron chi connectivity index (χ3n) is 7.15. The van der Waals surface area contributed by atoms with Gasteiger partial charge in [0.2, 0.25) is 5.91 Å². The Morgan fingerprint density at radius 1 is 1.22 bits per heavy atom. The fraction of sp³-hybridized carbons (Fsp3) is 0.481. The third kappa shape index (κ3) is 5.17. The maximum absolute atomic E-state index is 13.7. The van der Waals surface area contributed by atoms with Crippen molar-refractivity contribution in [1.82, 2.24) is 30.2 Å². The molecule has 0 radical (unpaired) electrons. The number of nitrogens with zero attached hydrogens (tertiary/aromatic N) is 6. The number of pyridine rings is 1. The summed E-state index contributed by atoms with van der Waals surface area (Å²) in [6.07, 6.45) is 4.45. The molecule has 0 aliphatic carbocycles. The molecule has 0 saturated carbocycles. The molecule has 0 spiro atoms. The maximum Gasteiger partial charge on any atom is 0.241 e. The molecule has 2 aliphatic rings. The maximum atomic E-state index is 13.7. The van der Waals surface area contributed by atoms with Crippen LogP contribution in [0.3, 0.4) is 0 Å². The zero-order chi connectivity index (χ0) is 25.4. The largest absolute Gasteiger partial charge is 0.311 e. The minimum atomic E-state index is -0.246. The highest BCUT2D eigenvalue weighted by atomic mass is 19.1. The van der Waals surface area contributed by atoms with Gasteiger partial charge in [-0.1, -0.05) is 31.2 Å². The van der Waals surface area contributed by atoms with Crippen molar-refractivity contribution < 1.29 is 9.18 Å². The highest BCUT2D eigenvalue weighted by molar-refractivity contribution is 5.97. The number of piperazine rings is 1. The van der Waals surface area contributed by atoms with Gasteiger partial charge in [-0.05, 0) is 49.6 Å². The number of anilines is 1. The number of hydrogen-bond donors (Lipinski definition) is 1. The summed E-state index contributed by atoms with van der Waals surface area (Å²) in [6, 6.07) is 9.05. The van der Waals surface area contributed by atoms with Crippen molar-refractivity contribution in [3.05, 3.63) is 71.1 Å². The van der Waals surface area contributed by atoms with Crippen LogP contribution in [0.5, 0.6) is 0 Å². The number of aryl methyl sites for hydroxylation is 1. The molecule has 3 aromatic rings. The molecule has 36 heavy (non-hydrogen) atoms. The Bertz CT molecular complexity index is 1240. The van der Waals surface area contributed by atoms with E-state index >= 15 is 0 Å². The van der Waals surface area contributed by atoms with Gasteiger partial charge < -0.3 is 10.2 Å². The van der Waals surface area contributed by atoms with Crippen LogP contribution in [0.15, 0.2) is 42.7 Å². The second kappa shape index (κ2) is 9.71. The lowest BCUT2D eigenvalue weighted by Crippen LogP contribution is -2.59. The first-order chi connectivity index (χ1) is 17.2. The molecule has 5 rings (SSSR count). The van der Waals surface area contributed by atoms with Gasteiger partial charge in [0.1, 0.15) is 5.82 Å². The number of nitrogens with one attached hydrogen (secondary N) is 1. The summed E-state index contributed by atoms with van der Waals surface area (Å²) in [6.45, 7) is 11.5. The van der Waals surface area contributed by atoms with Gasteiger partial charge in [0, 0.05) is 49.5 Å². The Morgan fingerprint density at radius 3 is 2.72 bits per heavy atom. The lowest BCUT2D eigenvalue weighted by Gasteiger charge is -2.39. The van der Waals surface area contributed by atoms with E-state index in [9.17, 15) is 9.18 Å². The van der Waals surface area contributed by atoms with E-state index in [2.05, 4.69) is 47.4 Å². The quantitative estimate of drug-likeness (QED) is 0.571. The van der Waals surface area contributed by atoms with Gasteiger partial charge in [0.05, 0.1) is 30.2 Å². The highest BCUT2D eigenvalue weighted by Gasteiger charge is 2.40. The van der Waals surface area contributed by atoms with Crippen molar-refractivity contribution in [2.24, 2.45) is 0 Å². The molecule has 190 valence electrons. The topological polar surface area (TPSA) is 79.2 Å². The Morgan fingerprint density at radius 2 is 2.00 bits per heavy atom. The summed E-state index contributed by atoms with van der Waals surface area (Å²) in [5, 5.41) is 11.8. The highest BCUT2D eigenvalue weighted by Crippen LogP contribution is 2.39. The van der Waals surface area contributed by atoms with Crippen LogP contribution in [0, 0.1) is 12.7 Å². The number of rotatable bonds is 6. The number of fused-ring (bicyclic) bond motifs is 1. The number of carbonyl (C=O) groups is 1. The van der Waals surface area contributed by atoms with Gasteiger partial charge in [0.25, 0.3) is 0 Å².